The molecule has 2 aromatic rings. The van der Waals surface area contributed by atoms with Crippen molar-refractivity contribution < 1.29 is 14.2 Å². The van der Waals surface area contributed by atoms with Gasteiger partial charge in [-0.05, 0) is 28.8 Å². The molecule has 0 bridgehead atoms. The van der Waals surface area contributed by atoms with Crippen molar-refractivity contribution in [2.45, 2.75) is 18.9 Å². The van der Waals surface area contributed by atoms with Gasteiger partial charge in [0.05, 0.1) is 25.8 Å². The van der Waals surface area contributed by atoms with Crippen molar-refractivity contribution in [2.24, 2.45) is 0 Å². The van der Waals surface area contributed by atoms with Crippen LogP contribution in [0.15, 0.2) is 22.8 Å². The number of aromatic nitrogens is 2. The van der Waals surface area contributed by atoms with Crippen molar-refractivity contribution in [3.63, 3.8) is 0 Å². The van der Waals surface area contributed by atoms with E-state index in [9.17, 15) is 0 Å². The highest BCUT2D eigenvalue weighted by Crippen LogP contribution is 2.40. The molecule has 3 rings (SSSR count). The number of rotatable bonds is 7. The quantitative estimate of drug-likeness (QED) is 0.742. The van der Waals surface area contributed by atoms with Crippen molar-refractivity contribution >= 4 is 33.4 Å². The van der Waals surface area contributed by atoms with Gasteiger partial charge in [-0.2, -0.15) is 4.98 Å². The van der Waals surface area contributed by atoms with Crippen LogP contribution in [-0.2, 0) is 0 Å². The lowest BCUT2D eigenvalue weighted by Gasteiger charge is -2.15. The molecule has 1 saturated carbocycles. The Bertz CT molecular complexity index is 712. The van der Waals surface area contributed by atoms with Crippen LogP contribution in [-0.4, -0.2) is 37.3 Å². The number of methoxy groups -OCH3 is 3. The molecule has 0 amide bonds. The second-order valence-corrected chi connectivity index (χ2v) is 6.20. The van der Waals surface area contributed by atoms with Gasteiger partial charge < -0.3 is 24.8 Å². The van der Waals surface area contributed by atoms with Crippen LogP contribution in [0.3, 0.4) is 0 Å². The molecular weight excluding hydrogens is 376 g/mol. The average molecular weight is 395 g/mol. The molecule has 1 aromatic carbocycles. The number of ether oxygens (including phenoxy) is 3. The second-order valence-electron chi connectivity index (χ2n) is 5.35. The SMILES string of the molecule is COc1cc(Nc2ncc(Br)c(NC3CC3)n2)cc(OC)c1OC. The van der Waals surface area contributed by atoms with Gasteiger partial charge >= 0.3 is 0 Å². The summed E-state index contributed by atoms with van der Waals surface area (Å²) in [7, 11) is 4.73. The maximum Gasteiger partial charge on any atom is 0.229 e. The number of benzene rings is 1. The smallest absolute Gasteiger partial charge is 0.229 e. The Morgan fingerprint density at radius 3 is 2.29 bits per heavy atom. The normalized spacial score (nSPS) is 13.3. The number of nitrogens with one attached hydrogen (secondary N) is 2. The zero-order chi connectivity index (χ0) is 17.1. The van der Waals surface area contributed by atoms with Crippen LogP contribution in [0.1, 0.15) is 12.8 Å². The van der Waals surface area contributed by atoms with Crippen LogP contribution in [0.5, 0.6) is 17.2 Å². The zero-order valence-electron chi connectivity index (χ0n) is 13.7. The highest BCUT2D eigenvalue weighted by molar-refractivity contribution is 9.10. The Morgan fingerprint density at radius 1 is 1.08 bits per heavy atom. The molecule has 0 saturated heterocycles. The Labute approximate surface area is 148 Å². The van der Waals surface area contributed by atoms with Crippen molar-refractivity contribution in [1.29, 1.82) is 0 Å². The van der Waals surface area contributed by atoms with Crippen LogP contribution >= 0.6 is 15.9 Å². The van der Waals surface area contributed by atoms with Crippen molar-refractivity contribution in [3.05, 3.63) is 22.8 Å². The number of anilines is 3. The largest absolute Gasteiger partial charge is 0.493 e. The topological polar surface area (TPSA) is 77.5 Å². The van der Waals surface area contributed by atoms with Gasteiger partial charge in [-0.3, -0.25) is 0 Å². The first-order chi connectivity index (χ1) is 11.6. The summed E-state index contributed by atoms with van der Waals surface area (Å²) < 4.78 is 16.9. The third-order valence-electron chi connectivity index (χ3n) is 3.58. The fourth-order valence-electron chi connectivity index (χ4n) is 2.23. The first-order valence-electron chi connectivity index (χ1n) is 7.50. The molecule has 7 nitrogen and oxygen atoms in total. The Morgan fingerprint density at radius 2 is 1.75 bits per heavy atom. The predicted octanol–water partition coefficient (Wildman–Crippen LogP) is 3.58. The number of nitrogens with zero attached hydrogens (tertiary/aromatic N) is 2. The molecule has 1 heterocycles. The lowest BCUT2D eigenvalue weighted by Crippen LogP contribution is -2.07. The molecule has 1 aliphatic carbocycles. The summed E-state index contributed by atoms with van der Waals surface area (Å²) in [6, 6.07) is 4.12. The molecule has 0 unspecified atom stereocenters. The number of halogens is 1. The van der Waals surface area contributed by atoms with Gasteiger partial charge in [-0.25, -0.2) is 4.98 Å². The van der Waals surface area contributed by atoms with Gasteiger partial charge in [0, 0.05) is 30.1 Å². The minimum atomic E-state index is 0.482. The van der Waals surface area contributed by atoms with E-state index >= 15 is 0 Å². The molecule has 0 spiro atoms. The standard InChI is InChI=1S/C16H19BrN4O3/c1-22-12-6-10(7-13(23-2)14(12)24-3)20-16-18-8-11(17)15(21-16)19-9-4-5-9/h6-9H,4-5H2,1-3H3,(H2,18,19,20,21). The molecule has 1 aliphatic rings. The van der Waals surface area contributed by atoms with Gasteiger partial charge in [0.15, 0.2) is 11.5 Å². The van der Waals surface area contributed by atoms with Crippen LogP contribution in [0.25, 0.3) is 0 Å². The van der Waals surface area contributed by atoms with Crippen molar-refractivity contribution in [2.75, 3.05) is 32.0 Å². The monoisotopic (exact) mass is 394 g/mol. The molecule has 1 fully saturated rings. The first kappa shape index (κ1) is 16.6. The summed E-state index contributed by atoms with van der Waals surface area (Å²) in [6.07, 6.45) is 4.07. The maximum atomic E-state index is 5.36. The average Bonchev–Trinajstić information content (AvgIpc) is 3.41. The van der Waals surface area contributed by atoms with E-state index in [2.05, 4.69) is 36.5 Å². The number of hydrogen-bond donors (Lipinski definition) is 2. The van der Waals surface area contributed by atoms with Crippen LogP contribution in [0.2, 0.25) is 0 Å². The molecule has 128 valence electrons. The molecule has 24 heavy (non-hydrogen) atoms. The van der Waals surface area contributed by atoms with E-state index in [-0.39, 0.29) is 0 Å². The highest BCUT2D eigenvalue weighted by Gasteiger charge is 2.22. The Balaban J connectivity index is 1.87. The molecule has 0 radical (unpaired) electrons. The van der Waals surface area contributed by atoms with Gasteiger partial charge in [0.2, 0.25) is 11.7 Å². The van der Waals surface area contributed by atoms with E-state index in [0.29, 0.717) is 29.2 Å². The van der Waals surface area contributed by atoms with Crippen LogP contribution < -0.4 is 24.8 Å². The van der Waals surface area contributed by atoms with Gasteiger partial charge in [-0.1, -0.05) is 0 Å². The molecule has 2 N–H and O–H groups in total. The third kappa shape index (κ3) is 3.64. The van der Waals surface area contributed by atoms with Gasteiger partial charge in [0.25, 0.3) is 0 Å². The second kappa shape index (κ2) is 7.12. The summed E-state index contributed by atoms with van der Waals surface area (Å²) in [4.78, 5) is 8.80. The highest BCUT2D eigenvalue weighted by atomic mass is 79.9. The molecule has 0 aliphatic heterocycles. The fourth-order valence-corrected chi connectivity index (χ4v) is 2.54. The van der Waals surface area contributed by atoms with Crippen molar-refractivity contribution in [1.82, 2.24) is 9.97 Å². The molecule has 1 aromatic heterocycles. The minimum absolute atomic E-state index is 0.482. The van der Waals surface area contributed by atoms with E-state index in [1.54, 1.807) is 39.7 Å². The van der Waals surface area contributed by atoms with E-state index in [0.717, 1.165) is 16.0 Å². The number of hydrogen-bond acceptors (Lipinski definition) is 7. The third-order valence-corrected chi connectivity index (χ3v) is 4.16. The van der Waals surface area contributed by atoms with Gasteiger partial charge in [0.1, 0.15) is 5.82 Å². The van der Waals surface area contributed by atoms with Crippen LogP contribution in [0.4, 0.5) is 17.5 Å². The van der Waals surface area contributed by atoms with Crippen LogP contribution in [0, 0.1) is 0 Å². The van der Waals surface area contributed by atoms with Gasteiger partial charge in [-0.15, -0.1) is 0 Å². The predicted molar refractivity (Wildman–Crippen MR) is 95.8 cm³/mol. The minimum Gasteiger partial charge on any atom is -0.493 e. The summed E-state index contributed by atoms with van der Waals surface area (Å²) >= 11 is 3.46. The van der Waals surface area contributed by atoms with E-state index in [1.165, 1.54) is 12.8 Å². The van der Waals surface area contributed by atoms with E-state index in [1.807, 2.05) is 0 Å². The summed E-state index contributed by atoms with van der Waals surface area (Å²) in [5.74, 6) is 2.93. The lowest BCUT2D eigenvalue weighted by molar-refractivity contribution is 0.324. The lowest BCUT2D eigenvalue weighted by atomic mass is 10.2. The molecule has 8 heteroatoms. The first-order valence-corrected chi connectivity index (χ1v) is 8.30. The summed E-state index contributed by atoms with van der Waals surface area (Å²) in [6.45, 7) is 0. The van der Waals surface area contributed by atoms with E-state index < -0.39 is 0 Å². The Kier molecular flexibility index (Phi) is 4.94. The maximum absolute atomic E-state index is 5.36. The summed E-state index contributed by atoms with van der Waals surface area (Å²) in [5.41, 5.74) is 0.740. The summed E-state index contributed by atoms with van der Waals surface area (Å²) in [5, 5.41) is 6.53. The van der Waals surface area contributed by atoms with E-state index in [4.69, 9.17) is 14.2 Å². The molecular formula is C16H19BrN4O3. The fraction of sp³-hybridized carbons (Fsp3) is 0.375. The zero-order valence-corrected chi connectivity index (χ0v) is 15.3. The Hall–Kier alpha value is -2.22. The van der Waals surface area contributed by atoms with Crippen molar-refractivity contribution in [3.8, 4) is 17.2 Å². The molecule has 0 atom stereocenters.